The Morgan fingerprint density at radius 2 is 1.94 bits per heavy atom. The molecule has 1 amide bonds. The van der Waals surface area contributed by atoms with Gasteiger partial charge in [0.05, 0.1) is 6.10 Å². The molecule has 0 bridgehead atoms. The second kappa shape index (κ2) is 5.56. The molecule has 0 aromatic carbocycles. The fraction of sp³-hybridized carbons (Fsp3) is 0.833. The molecule has 0 aromatic rings. The van der Waals surface area contributed by atoms with Crippen LogP contribution in [0.25, 0.3) is 0 Å². The van der Waals surface area contributed by atoms with Crippen LogP contribution in [0.3, 0.4) is 0 Å². The Bertz CT molecular complexity index is 302. The number of carbonyl (C=O) groups excluding carboxylic acids is 2. The highest BCUT2D eigenvalue weighted by Gasteiger charge is 2.39. The number of alkyl carbamates (subject to hydrolysis) is 1. The van der Waals surface area contributed by atoms with Crippen molar-refractivity contribution in [3.8, 4) is 0 Å². The zero-order valence-corrected chi connectivity index (χ0v) is 11.1. The number of aliphatic hydroxyl groups excluding tert-OH is 1. The second-order valence-electron chi connectivity index (χ2n) is 5.57. The molecular weight excluding hydrogens is 238 g/mol. The molecular formula is C12H21NO5. The van der Waals surface area contributed by atoms with Gasteiger partial charge in [0.25, 0.3) is 6.47 Å². The van der Waals surface area contributed by atoms with E-state index in [1.807, 2.05) is 0 Å². The molecule has 104 valence electrons. The van der Waals surface area contributed by atoms with Crippen molar-refractivity contribution >= 4 is 12.6 Å². The lowest BCUT2D eigenvalue weighted by molar-refractivity contribution is -0.153. The summed E-state index contributed by atoms with van der Waals surface area (Å²) in [5.41, 5.74) is -1.66. The number of rotatable bonds is 3. The van der Waals surface area contributed by atoms with E-state index in [1.165, 1.54) is 0 Å². The van der Waals surface area contributed by atoms with Crippen LogP contribution in [0.15, 0.2) is 0 Å². The Labute approximate surface area is 107 Å². The van der Waals surface area contributed by atoms with Gasteiger partial charge in [0.15, 0.2) is 5.72 Å². The smallest absolute Gasteiger partial charge is 0.410 e. The first kappa shape index (κ1) is 14.8. The summed E-state index contributed by atoms with van der Waals surface area (Å²) in [6.45, 7) is 5.58. The highest BCUT2D eigenvalue weighted by atomic mass is 16.6. The summed E-state index contributed by atoms with van der Waals surface area (Å²) in [6.07, 6.45) is 0.681. The molecule has 1 aliphatic rings. The number of aliphatic hydroxyl groups is 1. The van der Waals surface area contributed by atoms with Crippen LogP contribution in [0.4, 0.5) is 4.79 Å². The van der Waals surface area contributed by atoms with E-state index in [4.69, 9.17) is 9.47 Å². The SMILES string of the molecule is CC(C)(C)OC(=O)NC1(OC=O)CCC(O)CC1. The Hall–Kier alpha value is -1.30. The predicted octanol–water partition coefficient (Wildman–Crippen LogP) is 1.32. The lowest BCUT2D eigenvalue weighted by Crippen LogP contribution is -2.54. The van der Waals surface area contributed by atoms with Crippen molar-refractivity contribution in [2.45, 2.75) is 63.9 Å². The first-order valence-electron chi connectivity index (χ1n) is 6.07. The first-order chi connectivity index (χ1) is 8.26. The van der Waals surface area contributed by atoms with Gasteiger partial charge in [0.2, 0.25) is 0 Å². The molecule has 0 heterocycles. The van der Waals surface area contributed by atoms with Crippen LogP contribution < -0.4 is 5.32 Å². The summed E-state index contributed by atoms with van der Waals surface area (Å²) in [6, 6.07) is 0. The normalized spacial score (nSPS) is 28.3. The molecule has 2 N–H and O–H groups in total. The van der Waals surface area contributed by atoms with Crippen LogP contribution >= 0.6 is 0 Å². The van der Waals surface area contributed by atoms with Crippen molar-refractivity contribution in [2.24, 2.45) is 0 Å². The van der Waals surface area contributed by atoms with E-state index in [1.54, 1.807) is 20.8 Å². The molecule has 0 aromatic heterocycles. The van der Waals surface area contributed by atoms with E-state index >= 15 is 0 Å². The lowest BCUT2D eigenvalue weighted by atomic mass is 9.89. The third kappa shape index (κ3) is 4.52. The molecule has 1 fully saturated rings. The Morgan fingerprint density at radius 1 is 1.39 bits per heavy atom. The lowest BCUT2D eigenvalue weighted by Gasteiger charge is -2.37. The predicted molar refractivity (Wildman–Crippen MR) is 63.7 cm³/mol. The fourth-order valence-electron chi connectivity index (χ4n) is 1.92. The van der Waals surface area contributed by atoms with Gasteiger partial charge in [0.1, 0.15) is 5.60 Å². The van der Waals surface area contributed by atoms with Crippen molar-refractivity contribution in [2.75, 3.05) is 0 Å². The number of hydrogen-bond acceptors (Lipinski definition) is 5. The summed E-state index contributed by atoms with van der Waals surface area (Å²) in [5, 5.41) is 12.0. The summed E-state index contributed by atoms with van der Waals surface area (Å²) >= 11 is 0. The standard InChI is InChI=1S/C12H21NO5/c1-11(2,3)18-10(16)13-12(17-8-14)6-4-9(15)5-7-12/h8-9,15H,4-7H2,1-3H3,(H,13,16). The van der Waals surface area contributed by atoms with Gasteiger partial charge in [-0.25, -0.2) is 4.79 Å². The van der Waals surface area contributed by atoms with E-state index in [-0.39, 0.29) is 0 Å². The average molecular weight is 259 g/mol. The summed E-state index contributed by atoms with van der Waals surface area (Å²) < 4.78 is 10.1. The van der Waals surface area contributed by atoms with Crippen LogP contribution in [0, 0.1) is 0 Å². The Kier molecular flexibility index (Phi) is 4.56. The van der Waals surface area contributed by atoms with Gasteiger partial charge >= 0.3 is 6.09 Å². The number of ether oxygens (including phenoxy) is 2. The maximum Gasteiger partial charge on any atom is 0.410 e. The van der Waals surface area contributed by atoms with Gasteiger partial charge in [-0.05, 0) is 33.6 Å². The van der Waals surface area contributed by atoms with Gasteiger partial charge < -0.3 is 14.6 Å². The summed E-state index contributed by atoms with van der Waals surface area (Å²) in [5.74, 6) is 0. The Morgan fingerprint density at radius 3 is 2.39 bits per heavy atom. The maximum absolute atomic E-state index is 11.7. The van der Waals surface area contributed by atoms with Gasteiger partial charge in [0, 0.05) is 12.8 Å². The third-order valence-electron chi connectivity index (χ3n) is 2.77. The number of carbonyl (C=O) groups is 2. The minimum atomic E-state index is -1.05. The second-order valence-corrected chi connectivity index (χ2v) is 5.57. The van der Waals surface area contributed by atoms with E-state index in [2.05, 4.69) is 5.32 Å². The van der Waals surface area contributed by atoms with Gasteiger partial charge in [-0.2, -0.15) is 0 Å². The number of hydrogen-bond donors (Lipinski definition) is 2. The van der Waals surface area contributed by atoms with Crippen molar-refractivity contribution in [3.05, 3.63) is 0 Å². The highest BCUT2D eigenvalue weighted by molar-refractivity contribution is 5.68. The zero-order chi connectivity index (χ0) is 13.8. The van der Waals surface area contributed by atoms with Crippen LogP contribution in [0.1, 0.15) is 46.5 Å². The van der Waals surface area contributed by atoms with E-state index in [9.17, 15) is 14.7 Å². The topological polar surface area (TPSA) is 84.9 Å². The molecule has 18 heavy (non-hydrogen) atoms. The number of nitrogens with one attached hydrogen (secondary N) is 1. The monoisotopic (exact) mass is 259 g/mol. The van der Waals surface area contributed by atoms with E-state index < -0.39 is 23.5 Å². The molecule has 0 saturated heterocycles. The highest BCUT2D eigenvalue weighted by Crippen LogP contribution is 2.29. The molecule has 0 atom stereocenters. The van der Waals surface area contributed by atoms with Gasteiger partial charge in [-0.15, -0.1) is 0 Å². The molecule has 0 radical (unpaired) electrons. The third-order valence-corrected chi connectivity index (χ3v) is 2.77. The minimum absolute atomic E-state index is 0.315. The van der Waals surface area contributed by atoms with Gasteiger partial charge in [-0.1, -0.05) is 0 Å². The van der Waals surface area contributed by atoms with Gasteiger partial charge in [-0.3, -0.25) is 10.1 Å². The maximum atomic E-state index is 11.7. The van der Waals surface area contributed by atoms with Crippen LogP contribution in [-0.4, -0.2) is 35.1 Å². The van der Waals surface area contributed by atoms with E-state index in [0.717, 1.165) is 0 Å². The first-order valence-corrected chi connectivity index (χ1v) is 6.07. The van der Waals surface area contributed by atoms with E-state index in [0.29, 0.717) is 32.2 Å². The zero-order valence-electron chi connectivity index (χ0n) is 11.1. The molecule has 1 saturated carbocycles. The molecule has 1 rings (SSSR count). The van der Waals surface area contributed by atoms with Crippen LogP contribution in [0.5, 0.6) is 0 Å². The molecule has 0 unspecified atom stereocenters. The molecule has 1 aliphatic carbocycles. The number of amides is 1. The summed E-state index contributed by atoms with van der Waals surface area (Å²) in [4.78, 5) is 22.2. The van der Waals surface area contributed by atoms with Crippen LogP contribution in [-0.2, 0) is 14.3 Å². The van der Waals surface area contributed by atoms with Crippen molar-refractivity contribution in [3.63, 3.8) is 0 Å². The fourth-order valence-corrected chi connectivity index (χ4v) is 1.92. The molecule has 0 aliphatic heterocycles. The summed E-state index contributed by atoms with van der Waals surface area (Å²) in [7, 11) is 0. The minimum Gasteiger partial charge on any atom is -0.444 e. The molecule has 6 nitrogen and oxygen atoms in total. The quantitative estimate of drug-likeness (QED) is 0.589. The van der Waals surface area contributed by atoms with Crippen molar-refractivity contribution in [1.82, 2.24) is 5.32 Å². The van der Waals surface area contributed by atoms with Crippen LogP contribution in [0.2, 0.25) is 0 Å². The largest absolute Gasteiger partial charge is 0.444 e. The van der Waals surface area contributed by atoms with Crippen molar-refractivity contribution in [1.29, 1.82) is 0 Å². The van der Waals surface area contributed by atoms with Crippen molar-refractivity contribution < 1.29 is 24.2 Å². The average Bonchev–Trinajstić information content (AvgIpc) is 2.20. The Balaban J connectivity index is 2.63. The molecule has 6 heteroatoms. The molecule has 0 spiro atoms.